The van der Waals surface area contributed by atoms with E-state index in [1.807, 2.05) is 43.3 Å². The molecule has 0 unspecified atom stereocenters. The van der Waals surface area contributed by atoms with E-state index < -0.39 is 0 Å². The van der Waals surface area contributed by atoms with Gasteiger partial charge < -0.3 is 4.57 Å². The standard InChI is InChI=1S/C28H25N3O/c1-3-30-27(29-25-15-9-7-14-24(25)28(30)32)18-17-22-20(2)31(19-21-11-5-4-6-12-21)26-16-10-8-13-23(22)26/h4-18H,3,19H2,1-2H3/b18-17+. The lowest BCUT2D eigenvalue weighted by molar-refractivity contribution is 0.708. The molecular formula is C28H25N3O. The lowest BCUT2D eigenvalue weighted by Crippen LogP contribution is -2.22. The number of hydrogen-bond donors (Lipinski definition) is 0. The van der Waals surface area contributed by atoms with E-state index in [2.05, 4.69) is 66.1 Å². The van der Waals surface area contributed by atoms with Crippen LogP contribution in [0, 0.1) is 6.92 Å². The molecule has 0 aliphatic carbocycles. The van der Waals surface area contributed by atoms with Crippen LogP contribution < -0.4 is 5.56 Å². The molecule has 0 amide bonds. The number of fused-ring (bicyclic) bond motifs is 2. The van der Waals surface area contributed by atoms with Crippen LogP contribution in [0.25, 0.3) is 34.0 Å². The first-order chi connectivity index (χ1) is 15.7. The molecule has 158 valence electrons. The number of rotatable bonds is 5. The first-order valence-electron chi connectivity index (χ1n) is 11.0. The zero-order valence-electron chi connectivity index (χ0n) is 18.3. The van der Waals surface area contributed by atoms with Gasteiger partial charge >= 0.3 is 0 Å². The average molecular weight is 420 g/mol. The van der Waals surface area contributed by atoms with Crippen LogP contribution in [0.5, 0.6) is 0 Å². The number of hydrogen-bond acceptors (Lipinski definition) is 2. The molecule has 0 bridgehead atoms. The first kappa shape index (κ1) is 20.0. The van der Waals surface area contributed by atoms with Gasteiger partial charge in [0.1, 0.15) is 5.82 Å². The average Bonchev–Trinajstić information content (AvgIpc) is 3.09. The largest absolute Gasteiger partial charge is 0.340 e. The topological polar surface area (TPSA) is 39.8 Å². The van der Waals surface area contributed by atoms with E-state index in [0.717, 1.165) is 17.6 Å². The van der Waals surface area contributed by atoms with Gasteiger partial charge in [-0.15, -0.1) is 0 Å². The van der Waals surface area contributed by atoms with Crippen molar-refractivity contribution in [1.82, 2.24) is 14.1 Å². The highest BCUT2D eigenvalue weighted by molar-refractivity contribution is 5.93. The van der Waals surface area contributed by atoms with Crippen molar-refractivity contribution in [2.24, 2.45) is 0 Å². The molecule has 0 fully saturated rings. The second-order valence-electron chi connectivity index (χ2n) is 7.96. The van der Waals surface area contributed by atoms with Gasteiger partial charge in [0.05, 0.1) is 10.9 Å². The molecule has 5 aromatic rings. The van der Waals surface area contributed by atoms with Crippen molar-refractivity contribution >= 4 is 34.0 Å². The predicted octanol–water partition coefficient (Wildman–Crippen LogP) is 5.90. The van der Waals surface area contributed by atoms with Crippen LogP contribution in [0.15, 0.2) is 83.7 Å². The van der Waals surface area contributed by atoms with Crippen LogP contribution in [0.3, 0.4) is 0 Å². The first-order valence-corrected chi connectivity index (χ1v) is 11.0. The number of benzene rings is 3. The molecule has 32 heavy (non-hydrogen) atoms. The van der Waals surface area contributed by atoms with Gasteiger partial charge in [0.15, 0.2) is 0 Å². The van der Waals surface area contributed by atoms with Crippen LogP contribution in [0.4, 0.5) is 0 Å². The summed E-state index contributed by atoms with van der Waals surface area (Å²) in [6, 6.07) is 26.5. The smallest absolute Gasteiger partial charge is 0.261 e. The van der Waals surface area contributed by atoms with Gasteiger partial charge in [-0.3, -0.25) is 9.36 Å². The number of para-hydroxylation sites is 2. The van der Waals surface area contributed by atoms with Crippen molar-refractivity contribution in [1.29, 1.82) is 0 Å². The highest BCUT2D eigenvalue weighted by Crippen LogP contribution is 2.28. The Bertz CT molecular complexity index is 1510. The normalized spacial score (nSPS) is 11.7. The van der Waals surface area contributed by atoms with Crippen LogP contribution in [-0.2, 0) is 13.1 Å². The number of aromatic nitrogens is 3. The highest BCUT2D eigenvalue weighted by atomic mass is 16.1. The van der Waals surface area contributed by atoms with Crippen LogP contribution >= 0.6 is 0 Å². The molecule has 2 aromatic heterocycles. The van der Waals surface area contributed by atoms with Crippen LogP contribution in [0.1, 0.15) is 29.6 Å². The van der Waals surface area contributed by atoms with Gasteiger partial charge in [-0.1, -0.05) is 60.7 Å². The second kappa shape index (κ2) is 8.31. The fourth-order valence-corrected chi connectivity index (χ4v) is 4.41. The summed E-state index contributed by atoms with van der Waals surface area (Å²) in [5, 5.41) is 1.85. The maximum absolute atomic E-state index is 13.0. The summed E-state index contributed by atoms with van der Waals surface area (Å²) < 4.78 is 4.09. The van der Waals surface area contributed by atoms with Crippen LogP contribution in [-0.4, -0.2) is 14.1 Å². The third-order valence-corrected chi connectivity index (χ3v) is 6.07. The molecule has 5 rings (SSSR count). The molecule has 0 aliphatic rings. The van der Waals surface area contributed by atoms with Crippen molar-refractivity contribution in [3.8, 4) is 0 Å². The lowest BCUT2D eigenvalue weighted by atomic mass is 10.1. The molecule has 0 saturated carbocycles. The predicted molar refractivity (Wildman–Crippen MR) is 133 cm³/mol. The number of nitrogens with zero attached hydrogens (tertiary/aromatic N) is 3. The third-order valence-electron chi connectivity index (χ3n) is 6.07. The van der Waals surface area contributed by atoms with Gasteiger partial charge in [0.25, 0.3) is 5.56 Å². The summed E-state index contributed by atoms with van der Waals surface area (Å²) >= 11 is 0. The van der Waals surface area contributed by atoms with E-state index in [9.17, 15) is 4.79 Å². The Balaban J connectivity index is 1.64. The second-order valence-corrected chi connectivity index (χ2v) is 7.96. The Labute approximate surface area is 187 Å². The Morgan fingerprint density at radius 3 is 2.28 bits per heavy atom. The molecule has 0 radical (unpaired) electrons. The van der Waals surface area contributed by atoms with E-state index in [0.29, 0.717) is 17.8 Å². The summed E-state index contributed by atoms with van der Waals surface area (Å²) in [6.07, 6.45) is 4.07. The monoisotopic (exact) mass is 419 g/mol. The minimum Gasteiger partial charge on any atom is -0.340 e. The Hall–Kier alpha value is -3.92. The summed E-state index contributed by atoms with van der Waals surface area (Å²) in [6.45, 7) is 5.52. The SMILES string of the molecule is CCn1c(/C=C/c2c(C)n(Cc3ccccc3)c3ccccc23)nc2ccccc2c1=O. The van der Waals surface area contributed by atoms with E-state index >= 15 is 0 Å². The quantitative estimate of drug-likeness (QED) is 0.356. The summed E-state index contributed by atoms with van der Waals surface area (Å²) in [5.74, 6) is 0.676. The minimum absolute atomic E-state index is 0.000905. The summed E-state index contributed by atoms with van der Waals surface area (Å²) in [4.78, 5) is 17.7. The van der Waals surface area contributed by atoms with Crippen molar-refractivity contribution in [3.63, 3.8) is 0 Å². The molecule has 0 saturated heterocycles. The molecular weight excluding hydrogens is 394 g/mol. The Morgan fingerprint density at radius 2 is 1.50 bits per heavy atom. The van der Waals surface area contributed by atoms with Crippen molar-refractivity contribution < 1.29 is 0 Å². The fourth-order valence-electron chi connectivity index (χ4n) is 4.41. The van der Waals surface area contributed by atoms with E-state index in [-0.39, 0.29) is 5.56 Å². The van der Waals surface area contributed by atoms with E-state index in [1.54, 1.807) is 4.57 Å². The fraction of sp³-hybridized carbons (Fsp3) is 0.143. The molecule has 4 nitrogen and oxygen atoms in total. The van der Waals surface area contributed by atoms with Gasteiger partial charge in [0, 0.05) is 35.2 Å². The van der Waals surface area contributed by atoms with E-state index in [1.165, 1.54) is 22.2 Å². The Kier molecular flexibility index (Phi) is 5.20. The maximum atomic E-state index is 13.0. The lowest BCUT2D eigenvalue weighted by Gasteiger charge is -2.09. The van der Waals surface area contributed by atoms with Gasteiger partial charge in [-0.25, -0.2) is 4.98 Å². The molecule has 0 spiro atoms. The summed E-state index contributed by atoms with van der Waals surface area (Å²) in [5.41, 5.74) is 5.54. The zero-order valence-corrected chi connectivity index (χ0v) is 18.3. The highest BCUT2D eigenvalue weighted by Gasteiger charge is 2.13. The van der Waals surface area contributed by atoms with Crippen molar-refractivity contribution in [2.45, 2.75) is 26.9 Å². The minimum atomic E-state index is 0.000905. The van der Waals surface area contributed by atoms with Gasteiger partial charge in [0.2, 0.25) is 0 Å². The van der Waals surface area contributed by atoms with E-state index in [4.69, 9.17) is 4.98 Å². The zero-order chi connectivity index (χ0) is 22.1. The molecule has 0 aliphatic heterocycles. The summed E-state index contributed by atoms with van der Waals surface area (Å²) in [7, 11) is 0. The van der Waals surface area contributed by atoms with Gasteiger partial charge in [-0.05, 0) is 49.8 Å². The molecule has 0 N–H and O–H groups in total. The van der Waals surface area contributed by atoms with Crippen molar-refractivity contribution in [2.75, 3.05) is 0 Å². The van der Waals surface area contributed by atoms with Crippen molar-refractivity contribution in [3.05, 3.63) is 112 Å². The Morgan fingerprint density at radius 1 is 0.812 bits per heavy atom. The third kappa shape index (κ3) is 3.44. The van der Waals surface area contributed by atoms with Crippen LogP contribution in [0.2, 0.25) is 0 Å². The molecule has 2 heterocycles. The van der Waals surface area contributed by atoms with Gasteiger partial charge in [-0.2, -0.15) is 0 Å². The molecule has 4 heteroatoms. The molecule has 0 atom stereocenters. The maximum Gasteiger partial charge on any atom is 0.261 e. The molecule has 3 aromatic carbocycles.